The molecule has 1 aromatic carbocycles. The van der Waals surface area contributed by atoms with Gasteiger partial charge < -0.3 is 9.80 Å². The summed E-state index contributed by atoms with van der Waals surface area (Å²) in [6, 6.07) is 7.87. The average Bonchev–Trinajstić information content (AvgIpc) is 3.17. The highest BCUT2D eigenvalue weighted by atomic mass is 35.5. The molecule has 1 amide bonds. The van der Waals surface area contributed by atoms with Crippen molar-refractivity contribution in [2.75, 3.05) is 37.3 Å². The van der Waals surface area contributed by atoms with Crippen LogP contribution < -0.4 is 4.90 Å². The first kappa shape index (κ1) is 20.9. The molecule has 7 nitrogen and oxygen atoms in total. The largest absolute Gasteiger partial charge is 0.368 e. The monoisotopic (exact) mass is 444 g/mol. The molecule has 0 bridgehead atoms. The summed E-state index contributed by atoms with van der Waals surface area (Å²) in [5, 5.41) is 5.93. The van der Waals surface area contributed by atoms with Crippen LogP contribution in [0.4, 0.5) is 5.69 Å². The zero-order chi connectivity index (χ0) is 21.3. The van der Waals surface area contributed by atoms with Crippen LogP contribution in [0.3, 0.4) is 0 Å². The number of amides is 1. The van der Waals surface area contributed by atoms with E-state index in [1.807, 2.05) is 43.2 Å². The van der Waals surface area contributed by atoms with Gasteiger partial charge in [-0.2, -0.15) is 4.98 Å². The molecule has 0 N–H and O–H groups in total. The van der Waals surface area contributed by atoms with Gasteiger partial charge in [0.05, 0.1) is 0 Å². The summed E-state index contributed by atoms with van der Waals surface area (Å²) in [6.07, 6.45) is 3.07. The number of nitrogens with zero attached hydrogens (tertiary/aromatic N) is 6. The molecule has 0 spiro atoms. The van der Waals surface area contributed by atoms with E-state index in [-0.39, 0.29) is 5.91 Å². The molecule has 3 heterocycles. The lowest BCUT2D eigenvalue weighted by Crippen LogP contribution is -2.48. The number of aromatic nitrogens is 4. The van der Waals surface area contributed by atoms with Crippen molar-refractivity contribution in [1.29, 1.82) is 0 Å². The molecule has 0 unspecified atom stereocenters. The lowest BCUT2D eigenvalue weighted by Gasteiger charge is -2.36. The van der Waals surface area contributed by atoms with Crippen LogP contribution in [-0.2, 0) is 11.2 Å². The third-order valence-electron chi connectivity index (χ3n) is 5.61. The molecular weight excluding hydrogens is 420 g/mol. The molecule has 1 fully saturated rings. The number of piperazine rings is 1. The highest BCUT2D eigenvalue weighted by Crippen LogP contribution is 2.22. The Bertz CT molecular complexity index is 1080. The van der Waals surface area contributed by atoms with Crippen LogP contribution in [0, 0.1) is 13.8 Å². The van der Waals surface area contributed by atoms with E-state index in [1.165, 1.54) is 11.8 Å². The quantitative estimate of drug-likeness (QED) is 0.562. The summed E-state index contributed by atoms with van der Waals surface area (Å²) in [5.41, 5.74) is 4.10. The molecule has 0 radical (unpaired) electrons. The van der Waals surface area contributed by atoms with Crippen molar-refractivity contribution in [3.8, 4) is 0 Å². The van der Waals surface area contributed by atoms with Crippen LogP contribution >= 0.6 is 23.4 Å². The van der Waals surface area contributed by atoms with Gasteiger partial charge in [-0.1, -0.05) is 29.4 Å². The highest BCUT2D eigenvalue weighted by molar-refractivity contribution is 7.98. The first-order chi connectivity index (χ1) is 14.5. The van der Waals surface area contributed by atoms with Crippen molar-refractivity contribution < 1.29 is 4.79 Å². The van der Waals surface area contributed by atoms with Gasteiger partial charge in [0, 0.05) is 54.7 Å². The Balaban J connectivity index is 1.38. The Morgan fingerprint density at radius 2 is 1.93 bits per heavy atom. The SMILES string of the molecule is CSc1nc2nc(C)c(CCC(=O)N3CCN(c4cccc(Cl)c4)CC3)c(C)n2n1. The Kier molecular flexibility index (Phi) is 6.15. The summed E-state index contributed by atoms with van der Waals surface area (Å²) >= 11 is 7.60. The van der Waals surface area contributed by atoms with E-state index in [0.717, 1.165) is 53.8 Å². The Morgan fingerprint density at radius 1 is 1.17 bits per heavy atom. The van der Waals surface area contributed by atoms with E-state index in [2.05, 4.69) is 26.0 Å². The fourth-order valence-corrected chi connectivity index (χ4v) is 4.44. The predicted molar refractivity (Wildman–Crippen MR) is 121 cm³/mol. The lowest BCUT2D eigenvalue weighted by atomic mass is 10.1. The minimum Gasteiger partial charge on any atom is -0.368 e. The van der Waals surface area contributed by atoms with E-state index in [1.54, 1.807) is 4.52 Å². The Morgan fingerprint density at radius 3 is 2.63 bits per heavy atom. The number of carbonyl (C=O) groups excluding carboxylic acids is 1. The number of carbonyl (C=O) groups is 1. The minimum absolute atomic E-state index is 0.183. The smallest absolute Gasteiger partial charge is 0.253 e. The number of fused-ring (bicyclic) bond motifs is 1. The van der Waals surface area contributed by atoms with E-state index >= 15 is 0 Å². The standard InChI is InChI=1S/C21H25ClN6OS/c1-14-18(15(2)28-20(23-14)24-21(25-28)30-3)7-8-19(29)27-11-9-26(10-12-27)17-6-4-5-16(22)13-17/h4-6,13H,7-12H2,1-3H3. The molecule has 1 saturated heterocycles. The maximum atomic E-state index is 12.8. The van der Waals surface area contributed by atoms with Crippen LogP contribution in [-0.4, -0.2) is 62.8 Å². The van der Waals surface area contributed by atoms with Gasteiger partial charge >= 0.3 is 0 Å². The maximum absolute atomic E-state index is 12.8. The third kappa shape index (κ3) is 4.25. The van der Waals surface area contributed by atoms with Gasteiger partial charge in [0.1, 0.15) is 0 Å². The Labute approximate surface area is 185 Å². The molecule has 1 aliphatic heterocycles. The van der Waals surface area contributed by atoms with Gasteiger partial charge in [-0.25, -0.2) is 9.50 Å². The average molecular weight is 445 g/mol. The Hall–Kier alpha value is -2.32. The van der Waals surface area contributed by atoms with E-state index in [0.29, 0.717) is 23.8 Å². The molecule has 0 aliphatic carbocycles. The number of anilines is 1. The normalized spacial score (nSPS) is 14.5. The molecule has 4 rings (SSSR count). The predicted octanol–water partition coefficient (Wildman–Crippen LogP) is 3.40. The lowest BCUT2D eigenvalue weighted by molar-refractivity contribution is -0.131. The van der Waals surface area contributed by atoms with Crippen LogP contribution in [0.2, 0.25) is 5.02 Å². The van der Waals surface area contributed by atoms with Gasteiger partial charge in [0.25, 0.3) is 5.78 Å². The topological polar surface area (TPSA) is 66.6 Å². The van der Waals surface area contributed by atoms with E-state index < -0.39 is 0 Å². The van der Waals surface area contributed by atoms with Crippen LogP contribution in [0.25, 0.3) is 5.78 Å². The fraction of sp³-hybridized carbons (Fsp3) is 0.429. The zero-order valence-electron chi connectivity index (χ0n) is 17.4. The number of hydrogen-bond donors (Lipinski definition) is 0. The van der Waals surface area contributed by atoms with E-state index in [9.17, 15) is 4.79 Å². The molecular formula is C21H25ClN6OS. The van der Waals surface area contributed by atoms with Crippen LogP contribution in [0.15, 0.2) is 29.4 Å². The number of benzene rings is 1. The second kappa shape index (κ2) is 8.81. The van der Waals surface area contributed by atoms with Gasteiger partial charge in [-0.15, -0.1) is 5.10 Å². The highest BCUT2D eigenvalue weighted by Gasteiger charge is 2.22. The van der Waals surface area contributed by atoms with Gasteiger partial charge in [-0.05, 0) is 50.3 Å². The van der Waals surface area contributed by atoms with Gasteiger partial charge in [0.2, 0.25) is 11.1 Å². The first-order valence-corrected chi connectivity index (χ1v) is 11.6. The van der Waals surface area contributed by atoms with Crippen molar-refractivity contribution in [1.82, 2.24) is 24.5 Å². The van der Waals surface area contributed by atoms with Crippen LogP contribution in [0.5, 0.6) is 0 Å². The number of hydrogen-bond acceptors (Lipinski definition) is 6. The van der Waals surface area contributed by atoms with E-state index in [4.69, 9.17) is 11.6 Å². The molecule has 1 aliphatic rings. The summed E-state index contributed by atoms with van der Waals surface area (Å²) in [7, 11) is 0. The van der Waals surface area contributed by atoms with Crippen molar-refractivity contribution in [3.63, 3.8) is 0 Å². The summed E-state index contributed by atoms with van der Waals surface area (Å²) in [4.78, 5) is 26.1. The second-order valence-corrected chi connectivity index (χ2v) is 8.63. The molecule has 3 aromatic rings. The first-order valence-electron chi connectivity index (χ1n) is 10.0. The fourth-order valence-electron chi connectivity index (χ4n) is 3.92. The summed E-state index contributed by atoms with van der Waals surface area (Å²) < 4.78 is 1.78. The maximum Gasteiger partial charge on any atom is 0.253 e. The van der Waals surface area contributed by atoms with Gasteiger partial charge in [-0.3, -0.25) is 4.79 Å². The minimum atomic E-state index is 0.183. The molecule has 158 valence electrons. The molecule has 0 saturated carbocycles. The zero-order valence-corrected chi connectivity index (χ0v) is 19.0. The van der Waals surface area contributed by atoms with Gasteiger partial charge in [0.15, 0.2) is 0 Å². The summed E-state index contributed by atoms with van der Waals surface area (Å²) in [5.74, 6) is 0.796. The number of thioether (sulfide) groups is 1. The molecule has 30 heavy (non-hydrogen) atoms. The number of aryl methyl sites for hydroxylation is 2. The number of halogens is 1. The van der Waals surface area contributed by atoms with Crippen molar-refractivity contribution in [2.45, 2.75) is 31.8 Å². The van der Waals surface area contributed by atoms with Crippen molar-refractivity contribution in [3.05, 3.63) is 46.2 Å². The molecule has 9 heteroatoms. The molecule has 0 atom stereocenters. The van der Waals surface area contributed by atoms with Crippen molar-refractivity contribution in [2.24, 2.45) is 0 Å². The molecule has 2 aromatic heterocycles. The van der Waals surface area contributed by atoms with Crippen molar-refractivity contribution >= 4 is 40.7 Å². The number of rotatable bonds is 5. The third-order valence-corrected chi connectivity index (χ3v) is 6.38. The second-order valence-electron chi connectivity index (χ2n) is 7.42. The van der Waals surface area contributed by atoms with Crippen LogP contribution in [0.1, 0.15) is 23.4 Å². The summed E-state index contributed by atoms with van der Waals surface area (Å²) in [6.45, 7) is 7.07.